The van der Waals surface area contributed by atoms with Crippen LogP contribution in [0.15, 0.2) is 29.6 Å². The van der Waals surface area contributed by atoms with Gasteiger partial charge >= 0.3 is 0 Å². The number of hydrogen-bond donors (Lipinski definition) is 2. The lowest BCUT2D eigenvalue weighted by Gasteiger charge is -2.17. The van der Waals surface area contributed by atoms with Crippen molar-refractivity contribution in [1.29, 1.82) is 0 Å². The van der Waals surface area contributed by atoms with E-state index in [9.17, 15) is 4.79 Å². The van der Waals surface area contributed by atoms with Gasteiger partial charge in [0, 0.05) is 24.8 Å². The normalized spacial score (nSPS) is 25.5. The Morgan fingerprint density at radius 2 is 2.05 bits per heavy atom. The molecule has 21 heavy (non-hydrogen) atoms. The molecule has 0 saturated carbocycles. The van der Waals surface area contributed by atoms with Crippen molar-refractivity contribution in [3.05, 3.63) is 35.1 Å². The van der Waals surface area contributed by atoms with Crippen molar-refractivity contribution in [2.45, 2.75) is 45.3 Å². The average Bonchev–Trinajstić information content (AvgIpc) is 2.81. The third-order valence-electron chi connectivity index (χ3n) is 4.39. The molecule has 2 aromatic rings. The molecule has 0 amide bonds. The highest BCUT2D eigenvalue weighted by molar-refractivity contribution is 5.75. The summed E-state index contributed by atoms with van der Waals surface area (Å²) in [7, 11) is 0. The lowest BCUT2D eigenvalue weighted by atomic mass is 9.92. The zero-order valence-electron chi connectivity index (χ0n) is 12.4. The molecule has 0 bridgehead atoms. The topological polar surface area (TPSA) is 71.8 Å². The summed E-state index contributed by atoms with van der Waals surface area (Å²) in [6.45, 7) is 5.09. The maximum Gasteiger partial charge on any atom is 0.261 e. The monoisotopic (exact) mass is 287 g/mol. The molecule has 0 spiro atoms. The van der Waals surface area contributed by atoms with Gasteiger partial charge in [-0.1, -0.05) is 0 Å². The quantitative estimate of drug-likeness (QED) is 0.880. The fourth-order valence-electron chi connectivity index (χ4n) is 3.08. The second-order valence-electron chi connectivity index (χ2n) is 5.81. The maximum absolute atomic E-state index is 12.4. The molecule has 6 nitrogen and oxygen atoms in total. The molecule has 1 aliphatic rings. The van der Waals surface area contributed by atoms with Crippen molar-refractivity contribution in [3.63, 3.8) is 0 Å². The Balaban J connectivity index is 1.68. The minimum atomic E-state index is 0.0196. The van der Waals surface area contributed by atoms with Crippen molar-refractivity contribution in [2.75, 3.05) is 0 Å². The molecule has 1 fully saturated rings. The largest absolute Gasteiger partial charge is 0.299 e. The summed E-state index contributed by atoms with van der Waals surface area (Å²) < 4.78 is 1.70. The number of aryl methyl sites for hydroxylation is 1. The molecule has 1 saturated heterocycles. The first-order chi connectivity index (χ1) is 10.2. The van der Waals surface area contributed by atoms with Crippen molar-refractivity contribution >= 4 is 10.9 Å². The second-order valence-corrected chi connectivity index (χ2v) is 5.81. The highest BCUT2D eigenvalue weighted by Crippen LogP contribution is 2.20. The summed E-state index contributed by atoms with van der Waals surface area (Å²) in [5.74, 6) is 0.596. The molecular formula is C15H21N5O. The van der Waals surface area contributed by atoms with E-state index in [1.165, 1.54) is 0 Å². The molecule has 3 rings (SSSR count). The zero-order valence-corrected chi connectivity index (χ0v) is 12.4. The summed E-state index contributed by atoms with van der Waals surface area (Å²) in [6, 6.07) is 2.67. The van der Waals surface area contributed by atoms with E-state index in [1.54, 1.807) is 29.4 Å². The lowest BCUT2D eigenvalue weighted by Crippen LogP contribution is -2.30. The Hall–Kier alpha value is -1.79. The van der Waals surface area contributed by atoms with Gasteiger partial charge in [0.25, 0.3) is 5.56 Å². The molecule has 2 unspecified atom stereocenters. The van der Waals surface area contributed by atoms with Gasteiger partial charge in [0.15, 0.2) is 0 Å². The molecule has 1 aliphatic heterocycles. The highest BCUT2D eigenvalue weighted by atomic mass is 16.1. The second kappa shape index (κ2) is 5.91. The molecule has 3 heterocycles. The first kappa shape index (κ1) is 14.2. The van der Waals surface area contributed by atoms with E-state index in [0.717, 1.165) is 12.8 Å². The zero-order chi connectivity index (χ0) is 14.8. The molecule has 0 aromatic carbocycles. The summed E-state index contributed by atoms with van der Waals surface area (Å²) in [5, 5.41) is 0.637. The number of pyridine rings is 1. The van der Waals surface area contributed by atoms with Crippen LogP contribution in [0.3, 0.4) is 0 Å². The van der Waals surface area contributed by atoms with Gasteiger partial charge in [-0.25, -0.2) is 4.98 Å². The number of hydrazine groups is 1. The number of rotatable bonds is 4. The Morgan fingerprint density at radius 3 is 2.81 bits per heavy atom. The van der Waals surface area contributed by atoms with Crippen LogP contribution < -0.4 is 16.4 Å². The Labute approximate surface area is 123 Å². The van der Waals surface area contributed by atoms with Gasteiger partial charge in [0.1, 0.15) is 0 Å². The van der Waals surface area contributed by atoms with E-state index in [4.69, 9.17) is 0 Å². The van der Waals surface area contributed by atoms with E-state index >= 15 is 0 Å². The molecule has 112 valence electrons. The van der Waals surface area contributed by atoms with Crippen LogP contribution in [-0.4, -0.2) is 26.6 Å². The maximum atomic E-state index is 12.4. The van der Waals surface area contributed by atoms with Crippen LogP contribution in [0, 0.1) is 5.92 Å². The summed E-state index contributed by atoms with van der Waals surface area (Å²) >= 11 is 0. The van der Waals surface area contributed by atoms with Crippen LogP contribution in [0.2, 0.25) is 0 Å². The fraction of sp³-hybridized carbons (Fsp3) is 0.533. The number of nitrogens with one attached hydrogen (secondary N) is 2. The van der Waals surface area contributed by atoms with Crippen LogP contribution in [0.4, 0.5) is 0 Å². The van der Waals surface area contributed by atoms with E-state index in [1.807, 2.05) is 0 Å². The van der Waals surface area contributed by atoms with Crippen molar-refractivity contribution in [1.82, 2.24) is 25.4 Å². The molecule has 2 N–H and O–H groups in total. The Kier molecular flexibility index (Phi) is 3.98. The SMILES string of the molecule is CC1NNC(C)C1CCCn1cnc2cnccc2c1=O. The minimum Gasteiger partial charge on any atom is -0.299 e. The Morgan fingerprint density at radius 1 is 1.29 bits per heavy atom. The van der Waals surface area contributed by atoms with E-state index in [-0.39, 0.29) is 5.56 Å². The smallest absolute Gasteiger partial charge is 0.261 e. The molecule has 0 radical (unpaired) electrons. The van der Waals surface area contributed by atoms with Crippen LogP contribution in [-0.2, 0) is 6.54 Å². The van der Waals surface area contributed by atoms with E-state index in [0.29, 0.717) is 35.4 Å². The molecule has 6 heteroatoms. The fourth-order valence-corrected chi connectivity index (χ4v) is 3.08. The van der Waals surface area contributed by atoms with Gasteiger partial charge in [-0.05, 0) is 38.7 Å². The minimum absolute atomic E-state index is 0.0196. The lowest BCUT2D eigenvalue weighted by molar-refractivity contribution is 0.388. The van der Waals surface area contributed by atoms with Gasteiger partial charge in [0.05, 0.1) is 23.4 Å². The first-order valence-corrected chi connectivity index (χ1v) is 7.47. The molecule has 0 aliphatic carbocycles. The van der Waals surface area contributed by atoms with Crippen molar-refractivity contribution in [2.24, 2.45) is 5.92 Å². The van der Waals surface area contributed by atoms with Crippen molar-refractivity contribution < 1.29 is 0 Å². The van der Waals surface area contributed by atoms with Gasteiger partial charge in [-0.2, -0.15) is 0 Å². The first-order valence-electron chi connectivity index (χ1n) is 7.47. The predicted octanol–water partition coefficient (Wildman–Crippen LogP) is 1.07. The number of hydrogen-bond acceptors (Lipinski definition) is 5. The van der Waals surface area contributed by atoms with Gasteiger partial charge < -0.3 is 0 Å². The van der Waals surface area contributed by atoms with Crippen LogP contribution in [0.1, 0.15) is 26.7 Å². The molecule has 2 aromatic heterocycles. The number of aromatic nitrogens is 3. The third-order valence-corrected chi connectivity index (χ3v) is 4.39. The van der Waals surface area contributed by atoms with Gasteiger partial charge in [-0.15, -0.1) is 0 Å². The Bertz CT molecular complexity index is 673. The van der Waals surface area contributed by atoms with E-state index < -0.39 is 0 Å². The van der Waals surface area contributed by atoms with Gasteiger partial charge in [-0.3, -0.25) is 25.2 Å². The van der Waals surface area contributed by atoms with Crippen LogP contribution in [0.5, 0.6) is 0 Å². The summed E-state index contributed by atoms with van der Waals surface area (Å²) in [4.78, 5) is 20.6. The molecular weight excluding hydrogens is 266 g/mol. The predicted molar refractivity (Wildman–Crippen MR) is 81.7 cm³/mol. The van der Waals surface area contributed by atoms with E-state index in [2.05, 4.69) is 34.7 Å². The van der Waals surface area contributed by atoms with Crippen molar-refractivity contribution in [3.8, 4) is 0 Å². The highest BCUT2D eigenvalue weighted by Gasteiger charge is 2.28. The standard InChI is InChI=1S/C15H21N5O/c1-10-12(11(2)19-18-10)4-3-7-20-9-17-14-8-16-6-5-13(14)15(20)21/h5-6,8-12,18-19H,3-4,7H2,1-2H3. The van der Waals surface area contributed by atoms with Gasteiger partial charge in [0.2, 0.25) is 0 Å². The average molecular weight is 287 g/mol. The number of fused-ring (bicyclic) bond motifs is 1. The summed E-state index contributed by atoms with van der Waals surface area (Å²) in [6.07, 6.45) is 6.95. The van der Waals surface area contributed by atoms with Crippen LogP contribution in [0.25, 0.3) is 10.9 Å². The van der Waals surface area contributed by atoms with Crippen LogP contribution >= 0.6 is 0 Å². The summed E-state index contributed by atoms with van der Waals surface area (Å²) in [5.41, 5.74) is 7.21. The third kappa shape index (κ3) is 2.82. The number of nitrogens with zero attached hydrogens (tertiary/aromatic N) is 3. The molecule has 2 atom stereocenters.